The van der Waals surface area contributed by atoms with Gasteiger partial charge in [-0.1, -0.05) is 60.7 Å². The lowest BCUT2D eigenvalue weighted by Gasteiger charge is -2.28. The molecule has 2 amide bonds. The van der Waals surface area contributed by atoms with Gasteiger partial charge in [-0.2, -0.15) is 0 Å². The number of carbonyl (C=O) groups is 2. The van der Waals surface area contributed by atoms with Crippen LogP contribution in [-0.2, 0) is 16.1 Å². The summed E-state index contributed by atoms with van der Waals surface area (Å²) in [5, 5.41) is 5.46. The number of benzene rings is 3. The van der Waals surface area contributed by atoms with Crippen molar-refractivity contribution in [3.05, 3.63) is 107 Å². The second kappa shape index (κ2) is 11.0. The molecular weight excluding hydrogens is 432 g/mol. The van der Waals surface area contributed by atoms with Gasteiger partial charge in [0.25, 0.3) is 0 Å². The number of hydrogen-bond donors (Lipinski definition) is 2. The van der Waals surface area contributed by atoms with Gasteiger partial charge in [0, 0.05) is 5.70 Å². The zero-order valence-corrected chi connectivity index (χ0v) is 18.8. The lowest BCUT2D eigenvalue weighted by atomic mass is 9.95. The molecule has 2 N–H and O–H groups in total. The summed E-state index contributed by atoms with van der Waals surface area (Å²) >= 11 is 0. The Morgan fingerprint density at radius 1 is 0.824 bits per heavy atom. The van der Waals surface area contributed by atoms with E-state index in [1.54, 1.807) is 6.92 Å². The molecule has 0 aromatic heterocycles. The third-order valence-electron chi connectivity index (χ3n) is 5.28. The van der Waals surface area contributed by atoms with Gasteiger partial charge in [-0.15, -0.1) is 0 Å². The first-order chi connectivity index (χ1) is 16.6. The van der Waals surface area contributed by atoms with E-state index in [9.17, 15) is 9.59 Å². The minimum absolute atomic E-state index is 0.0808. The Morgan fingerprint density at radius 3 is 2.18 bits per heavy atom. The SMILES string of the molecule is CC1=C(C(=O)OCCOc2ccccc2)C(c2ccc(OCc3ccccc3)cc2)NC(=O)N1. The van der Waals surface area contributed by atoms with Crippen molar-refractivity contribution in [1.29, 1.82) is 0 Å². The van der Waals surface area contributed by atoms with E-state index in [4.69, 9.17) is 14.2 Å². The second-order valence-corrected chi connectivity index (χ2v) is 7.71. The fraction of sp³-hybridized carbons (Fsp3) is 0.185. The number of carbonyl (C=O) groups excluding carboxylic acids is 2. The van der Waals surface area contributed by atoms with Crippen molar-refractivity contribution in [2.24, 2.45) is 0 Å². The maximum absolute atomic E-state index is 12.9. The Hall–Kier alpha value is -4.26. The van der Waals surface area contributed by atoms with Crippen molar-refractivity contribution < 1.29 is 23.8 Å². The van der Waals surface area contributed by atoms with Crippen LogP contribution in [0.5, 0.6) is 11.5 Å². The maximum atomic E-state index is 12.9. The number of urea groups is 1. The van der Waals surface area contributed by atoms with Gasteiger partial charge in [-0.3, -0.25) is 0 Å². The highest BCUT2D eigenvalue weighted by atomic mass is 16.6. The van der Waals surface area contributed by atoms with Crippen molar-refractivity contribution in [2.45, 2.75) is 19.6 Å². The number of amides is 2. The van der Waals surface area contributed by atoms with Crippen LogP contribution in [0, 0.1) is 0 Å². The van der Waals surface area contributed by atoms with Crippen LogP contribution in [0.4, 0.5) is 4.79 Å². The largest absolute Gasteiger partial charge is 0.490 e. The molecule has 1 aliphatic heterocycles. The summed E-state index contributed by atoms with van der Waals surface area (Å²) in [6, 6.07) is 25.5. The monoisotopic (exact) mass is 458 g/mol. The van der Waals surface area contributed by atoms with E-state index < -0.39 is 12.0 Å². The van der Waals surface area contributed by atoms with Crippen LogP contribution in [-0.4, -0.2) is 25.2 Å². The first kappa shape index (κ1) is 22.9. The highest BCUT2D eigenvalue weighted by Gasteiger charge is 2.32. The number of esters is 1. The summed E-state index contributed by atoms with van der Waals surface area (Å²) < 4.78 is 16.8. The predicted octanol–water partition coefficient (Wildman–Crippen LogP) is 4.52. The minimum Gasteiger partial charge on any atom is -0.490 e. The third kappa shape index (κ3) is 5.95. The standard InChI is InChI=1S/C27H26N2O5/c1-19-24(26(30)33-17-16-32-22-10-6-3-7-11-22)25(29-27(31)28-19)21-12-14-23(15-13-21)34-18-20-8-4-2-5-9-20/h2-15,25H,16-18H2,1H3,(H2,28,29,31). The fourth-order valence-electron chi connectivity index (χ4n) is 3.60. The Kier molecular flexibility index (Phi) is 7.45. The molecule has 0 saturated carbocycles. The molecule has 0 bridgehead atoms. The summed E-state index contributed by atoms with van der Waals surface area (Å²) in [4.78, 5) is 25.0. The van der Waals surface area contributed by atoms with Crippen molar-refractivity contribution in [2.75, 3.05) is 13.2 Å². The van der Waals surface area contributed by atoms with Crippen LogP contribution in [0.25, 0.3) is 0 Å². The molecule has 1 unspecified atom stereocenters. The molecule has 7 nitrogen and oxygen atoms in total. The highest BCUT2D eigenvalue weighted by molar-refractivity contribution is 5.95. The number of ether oxygens (including phenoxy) is 3. The zero-order valence-electron chi connectivity index (χ0n) is 18.8. The van der Waals surface area contributed by atoms with Gasteiger partial charge < -0.3 is 24.8 Å². The summed E-state index contributed by atoms with van der Waals surface area (Å²) in [6.07, 6.45) is 0. The molecule has 0 spiro atoms. The smallest absolute Gasteiger partial charge is 0.338 e. The summed E-state index contributed by atoms with van der Waals surface area (Å²) in [5.74, 6) is 0.875. The molecule has 4 rings (SSSR count). The molecule has 1 aliphatic rings. The van der Waals surface area contributed by atoms with Crippen LogP contribution in [0.2, 0.25) is 0 Å². The molecule has 3 aromatic rings. The van der Waals surface area contributed by atoms with Crippen LogP contribution < -0.4 is 20.1 Å². The summed E-state index contributed by atoms with van der Waals surface area (Å²) in [5.41, 5.74) is 2.61. The third-order valence-corrected chi connectivity index (χ3v) is 5.28. The fourth-order valence-corrected chi connectivity index (χ4v) is 3.60. The Labute approximate surface area is 198 Å². The van der Waals surface area contributed by atoms with Crippen LogP contribution >= 0.6 is 0 Å². The number of nitrogens with one attached hydrogen (secondary N) is 2. The normalized spacial score (nSPS) is 15.2. The lowest BCUT2D eigenvalue weighted by Crippen LogP contribution is -2.45. The average Bonchev–Trinajstić information content (AvgIpc) is 2.86. The van der Waals surface area contributed by atoms with E-state index in [1.807, 2.05) is 84.9 Å². The molecular formula is C27H26N2O5. The molecule has 0 saturated heterocycles. The van der Waals surface area contributed by atoms with Crippen LogP contribution in [0.15, 0.2) is 96.2 Å². The first-order valence-corrected chi connectivity index (χ1v) is 11.0. The van der Waals surface area contributed by atoms with Crippen molar-refractivity contribution >= 4 is 12.0 Å². The first-order valence-electron chi connectivity index (χ1n) is 11.0. The van der Waals surface area contributed by atoms with E-state index in [0.29, 0.717) is 29.4 Å². The lowest BCUT2D eigenvalue weighted by molar-refractivity contribution is -0.140. The van der Waals surface area contributed by atoms with Gasteiger partial charge in [0.05, 0.1) is 11.6 Å². The Balaban J connectivity index is 1.39. The van der Waals surface area contributed by atoms with Crippen LogP contribution in [0.3, 0.4) is 0 Å². The van der Waals surface area contributed by atoms with E-state index >= 15 is 0 Å². The molecule has 1 atom stereocenters. The van der Waals surface area contributed by atoms with E-state index in [-0.39, 0.29) is 19.2 Å². The topological polar surface area (TPSA) is 85.9 Å². The average molecular weight is 459 g/mol. The van der Waals surface area contributed by atoms with Crippen LogP contribution in [0.1, 0.15) is 24.1 Å². The van der Waals surface area contributed by atoms with E-state index in [0.717, 1.165) is 11.1 Å². The second-order valence-electron chi connectivity index (χ2n) is 7.71. The summed E-state index contributed by atoms with van der Waals surface area (Å²) in [7, 11) is 0. The molecule has 7 heteroatoms. The minimum atomic E-state index is -0.639. The Morgan fingerprint density at radius 2 is 1.47 bits per heavy atom. The molecule has 3 aromatic carbocycles. The molecule has 34 heavy (non-hydrogen) atoms. The van der Waals surface area contributed by atoms with Gasteiger partial charge in [-0.05, 0) is 42.3 Å². The number of hydrogen-bond acceptors (Lipinski definition) is 5. The van der Waals surface area contributed by atoms with Gasteiger partial charge in [0.2, 0.25) is 0 Å². The Bertz CT molecular complexity index is 1140. The predicted molar refractivity (Wildman–Crippen MR) is 127 cm³/mol. The molecule has 0 aliphatic carbocycles. The van der Waals surface area contributed by atoms with Gasteiger partial charge in [0.15, 0.2) is 0 Å². The molecule has 174 valence electrons. The van der Waals surface area contributed by atoms with Crippen molar-refractivity contribution in [3.8, 4) is 11.5 Å². The van der Waals surface area contributed by atoms with Crippen molar-refractivity contribution in [1.82, 2.24) is 10.6 Å². The van der Waals surface area contributed by atoms with Gasteiger partial charge in [-0.25, -0.2) is 9.59 Å². The van der Waals surface area contributed by atoms with Gasteiger partial charge >= 0.3 is 12.0 Å². The maximum Gasteiger partial charge on any atom is 0.338 e. The molecule has 0 fully saturated rings. The molecule has 0 radical (unpaired) electrons. The number of rotatable bonds is 9. The number of allylic oxidation sites excluding steroid dienone is 1. The van der Waals surface area contributed by atoms with Crippen molar-refractivity contribution in [3.63, 3.8) is 0 Å². The quantitative estimate of drug-likeness (QED) is 0.364. The summed E-state index contributed by atoms with van der Waals surface area (Å²) in [6.45, 7) is 2.43. The van der Waals surface area contributed by atoms with Gasteiger partial charge in [0.1, 0.15) is 31.3 Å². The van der Waals surface area contributed by atoms with E-state index in [1.165, 1.54) is 0 Å². The molecule has 1 heterocycles. The van der Waals surface area contributed by atoms with E-state index in [2.05, 4.69) is 10.6 Å². The number of para-hydroxylation sites is 1. The zero-order chi connectivity index (χ0) is 23.8. The highest BCUT2D eigenvalue weighted by Crippen LogP contribution is 2.29.